The van der Waals surface area contributed by atoms with Crippen molar-refractivity contribution in [3.05, 3.63) is 120 Å². The number of nitrogens with one attached hydrogen (secondary N) is 1. The highest BCUT2D eigenvalue weighted by atomic mass is 16.5. The molecule has 2 N–H and O–H groups in total. The Morgan fingerprint density at radius 3 is 2.30 bits per heavy atom. The van der Waals surface area contributed by atoms with Crippen LogP contribution in [0.2, 0.25) is 0 Å². The third kappa shape index (κ3) is 7.15. The number of nitrogens with zero attached hydrogens (tertiary/aromatic N) is 2. The molecular weight excluding hydrogens is 582 g/mol. The largest absolute Gasteiger partial charge is 0.490 e. The fraction of sp³-hybridized carbons (Fsp3) is 0.189. The van der Waals surface area contributed by atoms with Crippen LogP contribution in [0.15, 0.2) is 97.3 Å². The van der Waals surface area contributed by atoms with Crippen LogP contribution in [0.25, 0.3) is 10.9 Å². The Balaban J connectivity index is 1.37. The summed E-state index contributed by atoms with van der Waals surface area (Å²) in [5.74, 6) is 2.87. The summed E-state index contributed by atoms with van der Waals surface area (Å²) in [6, 6.07) is 26.6. The summed E-state index contributed by atoms with van der Waals surface area (Å²) in [6.45, 7) is 2.32. The molecule has 0 aliphatic rings. The molecule has 0 saturated heterocycles. The van der Waals surface area contributed by atoms with Gasteiger partial charge in [0.25, 0.3) is 0 Å². The number of fused-ring (bicyclic) bond motifs is 1. The molecule has 0 aliphatic carbocycles. The van der Waals surface area contributed by atoms with Crippen molar-refractivity contribution >= 4 is 34.2 Å². The molecule has 232 valence electrons. The first-order valence-corrected chi connectivity index (χ1v) is 14.6. The van der Waals surface area contributed by atoms with E-state index in [1.165, 1.54) is 6.33 Å². The molecule has 9 heteroatoms. The van der Waals surface area contributed by atoms with Gasteiger partial charge in [-0.05, 0) is 36.8 Å². The van der Waals surface area contributed by atoms with Crippen molar-refractivity contribution in [1.82, 2.24) is 9.97 Å². The van der Waals surface area contributed by atoms with Crippen molar-refractivity contribution in [2.45, 2.75) is 18.8 Å². The van der Waals surface area contributed by atoms with Crippen LogP contribution in [0, 0.1) is 12.3 Å². The number of terminal acetylenes is 1. The van der Waals surface area contributed by atoms with Gasteiger partial charge in [0.15, 0.2) is 17.3 Å². The lowest BCUT2D eigenvalue weighted by Gasteiger charge is -2.26. The SMILES string of the molecule is C#Cc1cccc(Nc2ncnc3cc(OCCC(C)(C(=O)O)c4ccc(C(=O)c5ccccc5)cc4)c(OCCOC)cc23)c1. The number of hydrogen-bond acceptors (Lipinski definition) is 8. The molecule has 0 fully saturated rings. The van der Waals surface area contributed by atoms with Crippen LogP contribution in [0.5, 0.6) is 11.5 Å². The molecule has 9 nitrogen and oxygen atoms in total. The number of aliphatic carboxylic acids is 1. The fourth-order valence-corrected chi connectivity index (χ4v) is 4.93. The number of aromatic nitrogens is 2. The lowest BCUT2D eigenvalue weighted by Crippen LogP contribution is -2.34. The zero-order valence-corrected chi connectivity index (χ0v) is 25.5. The van der Waals surface area contributed by atoms with Gasteiger partial charge in [-0.15, -0.1) is 6.42 Å². The third-order valence-corrected chi connectivity index (χ3v) is 7.69. The zero-order chi connectivity index (χ0) is 32.5. The molecule has 0 aliphatic heterocycles. The molecule has 1 aromatic heterocycles. The number of ether oxygens (including phenoxy) is 3. The number of methoxy groups -OCH3 is 1. The number of anilines is 2. The van der Waals surface area contributed by atoms with Crippen LogP contribution in [-0.2, 0) is 14.9 Å². The van der Waals surface area contributed by atoms with Gasteiger partial charge in [0.1, 0.15) is 18.8 Å². The second-order valence-electron chi connectivity index (χ2n) is 10.7. The fourth-order valence-electron chi connectivity index (χ4n) is 4.93. The second kappa shape index (κ2) is 14.4. The zero-order valence-electron chi connectivity index (χ0n) is 25.5. The van der Waals surface area contributed by atoms with E-state index in [-0.39, 0.29) is 25.4 Å². The van der Waals surface area contributed by atoms with Gasteiger partial charge in [0.2, 0.25) is 0 Å². The molecule has 1 atom stereocenters. The smallest absolute Gasteiger partial charge is 0.313 e. The predicted octanol–water partition coefficient (Wildman–Crippen LogP) is 6.42. The Hall–Kier alpha value is -5.72. The summed E-state index contributed by atoms with van der Waals surface area (Å²) < 4.78 is 17.3. The van der Waals surface area contributed by atoms with Gasteiger partial charge in [-0.3, -0.25) is 9.59 Å². The van der Waals surface area contributed by atoms with Crippen molar-refractivity contribution in [3.63, 3.8) is 0 Å². The van der Waals surface area contributed by atoms with Crippen molar-refractivity contribution in [1.29, 1.82) is 0 Å². The monoisotopic (exact) mass is 615 g/mol. The molecule has 0 bridgehead atoms. The van der Waals surface area contributed by atoms with E-state index in [2.05, 4.69) is 21.2 Å². The maximum atomic E-state index is 12.9. The predicted molar refractivity (Wildman–Crippen MR) is 176 cm³/mol. The van der Waals surface area contributed by atoms with Crippen LogP contribution in [0.1, 0.15) is 40.4 Å². The van der Waals surface area contributed by atoms with Gasteiger partial charge in [0, 0.05) is 47.4 Å². The summed E-state index contributed by atoms with van der Waals surface area (Å²) in [6.07, 6.45) is 7.15. The van der Waals surface area contributed by atoms with Crippen molar-refractivity contribution in [3.8, 4) is 23.8 Å². The molecule has 1 unspecified atom stereocenters. The molecule has 0 spiro atoms. The van der Waals surface area contributed by atoms with Crippen molar-refractivity contribution in [2.75, 3.05) is 32.2 Å². The highest BCUT2D eigenvalue weighted by Crippen LogP contribution is 2.36. The van der Waals surface area contributed by atoms with Crippen LogP contribution in [0.4, 0.5) is 11.5 Å². The minimum Gasteiger partial charge on any atom is -0.490 e. The van der Waals surface area contributed by atoms with Crippen molar-refractivity contribution < 1.29 is 28.9 Å². The average molecular weight is 616 g/mol. The Morgan fingerprint density at radius 2 is 1.59 bits per heavy atom. The van der Waals surface area contributed by atoms with E-state index < -0.39 is 11.4 Å². The Bertz CT molecular complexity index is 1890. The topological polar surface area (TPSA) is 120 Å². The van der Waals surface area contributed by atoms with Crippen LogP contribution < -0.4 is 14.8 Å². The first-order chi connectivity index (χ1) is 22.3. The van der Waals surface area contributed by atoms with Crippen LogP contribution in [0.3, 0.4) is 0 Å². The molecule has 46 heavy (non-hydrogen) atoms. The van der Waals surface area contributed by atoms with E-state index in [9.17, 15) is 14.7 Å². The summed E-state index contributed by atoms with van der Waals surface area (Å²) in [7, 11) is 1.58. The van der Waals surface area contributed by atoms with E-state index in [0.717, 1.165) is 11.3 Å². The second-order valence-corrected chi connectivity index (χ2v) is 10.7. The van der Waals surface area contributed by atoms with Gasteiger partial charge in [-0.25, -0.2) is 9.97 Å². The highest BCUT2D eigenvalue weighted by Gasteiger charge is 2.35. The number of rotatable bonds is 14. The molecule has 0 saturated carbocycles. The van der Waals surface area contributed by atoms with Gasteiger partial charge in [0.05, 0.1) is 24.1 Å². The summed E-state index contributed by atoms with van der Waals surface area (Å²) in [5.41, 5.74) is 2.41. The number of carbonyl (C=O) groups excluding carboxylic acids is 1. The first-order valence-electron chi connectivity index (χ1n) is 14.6. The minimum absolute atomic E-state index is 0.0642. The standard InChI is InChI=1S/C37H33N3O6/c1-4-25-9-8-12-29(21-25)40-35-30-22-32(46-20-19-44-3)33(23-31(30)38-24-39-35)45-18-17-37(2,36(42)43)28-15-13-27(14-16-28)34(41)26-10-6-5-7-11-26/h1,5-16,21-24H,17-20H2,2-3H3,(H,42,43)(H,38,39,40). The molecule has 5 aromatic rings. The van der Waals surface area contributed by atoms with E-state index in [1.54, 1.807) is 74.7 Å². The average Bonchev–Trinajstić information content (AvgIpc) is 3.08. The van der Waals surface area contributed by atoms with E-state index >= 15 is 0 Å². The number of ketones is 1. The normalized spacial score (nSPS) is 12.1. The summed E-state index contributed by atoms with van der Waals surface area (Å²) in [5, 5.41) is 14.3. The van der Waals surface area contributed by atoms with E-state index in [4.69, 9.17) is 20.6 Å². The Morgan fingerprint density at radius 1 is 0.870 bits per heavy atom. The molecule has 0 radical (unpaired) electrons. The number of carboxylic acid groups (broad SMARTS) is 1. The Labute approximate surface area is 267 Å². The molecule has 0 amide bonds. The van der Waals surface area contributed by atoms with Gasteiger partial charge in [-0.2, -0.15) is 0 Å². The lowest BCUT2D eigenvalue weighted by atomic mass is 9.79. The molecule has 5 rings (SSSR count). The van der Waals surface area contributed by atoms with Crippen LogP contribution in [-0.4, -0.2) is 53.8 Å². The highest BCUT2D eigenvalue weighted by molar-refractivity contribution is 6.09. The van der Waals surface area contributed by atoms with E-state index in [1.807, 2.05) is 30.3 Å². The number of hydrogen-bond donors (Lipinski definition) is 2. The summed E-state index contributed by atoms with van der Waals surface area (Å²) >= 11 is 0. The minimum atomic E-state index is -1.28. The summed E-state index contributed by atoms with van der Waals surface area (Å²) in [4.78, 5) is 34.3. The molecular formula is C37H33N3O6. The molecule has 4 aromatic carbocycles. The van der Waals surface area contributed by atoms with Gasteiger partial charge < -0.3 is 24.6 Å². The first kappa shape index (κ1) is 31.7. The quantitative estimate of drug-likeness (QED) is 0.0828. The van der Waals surface area contributed by atoms with E-state index in [0.29, 0.717) is 51.5 Å². The number of benzene rings is 4. The lowest BCUT2D eigenvalue weighted by molar-refractivity contribution is -0.143. The molecule has 1 heterocycles. The number of carbonyl (C=O) groups is 2. The van der Waals surface area contributed by atoms with Crippen LogP contribution >= 0.6 is 0 Å². The maximum absolute atomic E-state index is 12.9. The van der Waals surface area contributed by atoms with Crippen molar-refractivity contribution in [2.24, 2.45) is 0 Å². The number of carboxylic acids is 1. The van der Waals surface area contributed by atoms with Gasteiger partial charge >= 0.3 is 5.97 Å². The third-order valence-electron chi connectivity index (χ3n) is 7.69. The maximum Gasteiger partial charge on any atom is 0.313 e. The Kier molecular flexibility index (Phi) is 9.90. The van der Waals surface area contributed by atoms with Gasteiger partial charge in [-0.1, -0.05) is 66.6 Å².